The lowest BCUT2D eigenvalue weighted by Crippen LogP contribution is -2.17. The van der Waals surface area contributed by atoms with Crippen LogP contribution >= 0.6 is 0 Å². The number of fused-ring (bicyclic) bond motifs is 1. The molecular formula is C21H21N7O3. The summed E-state index contributed by atoms with van der Waals surface area (Å²) in [6.45, 7) is 3.82. The van der Waals surface area contributed by atoms with Gasteiger partial charge in [0, 0.05) is 12.5 Å². The molecule has 10 heteroatoms. The van der Waals surface area contributed by atoms with E-state index < -0.39 is 5.97 Å². The minimum absolute atomic E-state index is 0.00812. The van der Waals surface area contributed by atoms with E-state index in [-0.39, 0.29) is 25.4 Å². The van der Waals surface area contributed by atoms with E-state index in [2.05, 4.69) is 25.5 Å². The van der Waals surface area contributed by atoms with E-state index in [0.717, 1.165) is 5.69 Å². The van der Waals surface area contributed by atoms with Gasteiger partial charge in [-0.1, -0.05) is 18.2 Å². The van der Waals surface area contributed by atoms with Crippen molar-refractivity contribution in [1.82, 2.24) is 29.5 Å². The molecule has 3 heterocycles. The van der Waals surface area contributed by atoms with Crippen molar-refractivity contribution in [3.63, 3.8) is 0 Å². The molecule has 0 unspecified atom stereocenters. The highest BCUT2D eigenvalue weighted by molar-refractivity contribution is 5.93. The molecule has 0 saturated heterocycles. The Balaban J connectivity index is 1.64. The van der Waals surface area contributed by atoms with Gasteiger partial charge in [0.15, 0.2) is 11.5 Å². The largest absolute Gasteiger partial charge is 0.466 e. The number of amides is 1. The van der Waals surface area contributed by atoms with Crippen molar-refractivity contribution in [3.8, 4) is 11.5 Å². The maximum Gasteiger partial charge on any atom is 0.306 e. The summed E-state index contributed by atoms with van der Waals surface area (Å²) in [4.78, 5) is 32.6. The number of aromatic nitrogens is 6. The molecule has 4 aromatic rings. The molecular weight excluding hydrogens is 398 g/mol. The molecule has 0 atom stereocenters. The van der Waals surface area contributed by atoms with Crippen LogP contribution in [0.1, 0.15) is 25.5 Å². The monoisotopic (exact) mass is 419 g/mol. The molecule has 0 bridgehead atoms. The number of nitrogens with one attached hydrogen (secondary N) is 1. The van der Waals surface area contributed by atoms with Gasteiger partial charge in [-0.05, 0) is 26.0 Å². The van der Waals surface area contributed by atoms with E-state index >= 15 is 0 Å². The number of esters is 1. The molecule has 10 nitrogen and oxygen atoms in total. The number of carbonyl (C=O) groups is 2. The highest BCUT2D eigenvalue weighted by atomic mass is 16.5. The van der Waals surface area contributed by atoms with Crippen molar-refractivity contribution in [3.05, 3.63) is 54.6 Å². The maximum atomic E-state index is 12.4. The van der Waals surface area contributed by atoms with E-state index in [9.17, 15) is 9.59 Å². The molecule has 1 N–H and O–H groups in total. The van der Waals surface area contributed by atoms with Crippen LogP contribution in [0.25, 0.3) is 22.5 Å². The molecule has 3 aromatic heterocycles. The van der Waals surface area contributed by atoms with Crippen LogP contribution in [-0.2, 0) is 14.3 Å². The Morgan fingerprint density at radius 2 is 1.90 bits per heavy atom. The lowest BCUT2D eigenvalue weighted by atomic mass is 10.3. The third kappa shape index (κ3) is 4.27. The number of ether oxygens (including phenoxy) is 1. The number of hydrogen-bond acceptors (Lipinski definition) is 7. The number of carbonyl (C=O) groups excluding carboxylic acids is 2. The normalized spacial score (nSPS) is 10.9. The van der Waals surface area contributed by atoms with Crippen LogP contribution in [0.5, 0.6) is 0 Å². The van der Waals surface area contributed by atoms with Gasteiger partial charge in [-0.3, -0.25) is 9.59 Å². The third-order valence-corrected chi connectivity index (χ3v) is 4.51. The fraction of sp³-hybridized carbons (Fsp3) is 0.238. The fourth-order valence-electron chi connectivity index (χ4n) is 3.16. The topological polar surface area (TPSA) is 117 Å². The van der Waals surface area contributed by atoms with E-state index in [1.807, 2.05) is 37.3 Å². The number of anilines is 1. The van der Waals surface area contributed by atoms with Crippen LogP contribution < -0.4 is 5.32 Å². The smallest absolute Gasteiger partial charge is 0.306 e. The van der Waals surface area contributed by atoms with E-state index in [0.29, 0.717) is 28.4 Å². The average molecular weight is 419 g/mol. The molecule has 0 saturated carbocycles. The Morgan fingerprint density at radius 1 is 1.10 bits per heavy atom. The van der Waals surface area contributed by atoms with E-state index in [1.54, 1.807) is 28.6 Å². The minimum Gasteiger partial charge on any atom is -0.466 e. The van der Waals surface area contributed by atoms with Crippen molar-refractivity contribution >= 4 is 28.7 Å². The van der Waals surface area contributed by atoms with Crippen molar-refractivity contribution in [2.45, 2.75) is 26.7 Å². The summed E-state index contributed by atoms with van der Waals surface area (Å²) < 4.78 is 8.12. The average Bonchev–Trinajstić information content (AvgIpc) is 3.36. The van der Waals surface area contributed by atoms with Gasteiger partial charge >= 0.3 is 5.97 Å². The van der Waals surface area contributed by atoms with Crippen LogP contribution in [0.3, 0.4) is 0 Å². The summed E-state index contributed by atoms with van der Waals surface area (Å²) in [5.74, 6) is 0.201. The molecule has 0 spiro atoms. The zero-order valence-electron chi connectivity index (χ0n) is 17.1. The minimum atomic E-state index is -0.409. The lowest BCUT2D eigenvalue weighted by molar-refractivity contribution is -0.144. The second-order valence-corrected chi connectivity index (χ2v) is 6.76. The Hall–Kier alpha value is -4.08. The second kappa shape index (κ2) is 8.74. The summed E-state index contributed by atoms with van der Waals surface area (Å²) in [6, 6.07) is 11.4. The molecule has 158 valence electrons. The summed E-state index contributed by atoms with van der Waals surface area (Å²) in [5.41, 5.74) is 2.18. The Bertz CT molecular complexity index is 1230. The number of hydrogen-bond donors (Lipinski definition) is 1. The molecule has 0 fully saturated rings. The van der Waals surface area contributed by atoms with Crippen LogP contribution in [0, 0.1) is 6.92 Å². The number of nitrogens with zero attached hydrogens (tertiary/aromatic N) is 6. The quantitative estimate of drug-likeness (QED) is 0.458. The number of rotatable bonds is 7. The summed E-state index contributed by atoms with van der Waals surface area (Å²) in [7, 11) is 0. The molecule has 0 radical (unpaired) electrons. The molecule has 4 rings (SSSR count). The van der Waals surface area contributed by atoms with Crippen LogP contribution in [0.2, 0.25) is 0 Å². The summed E-state index contributed by atoms with van der Waals surface area (Å²) >= 11 is 0. The van der Waals surface area contributed by atoms with Crippen LogP contribution in [0.15, 0.2) is 48.9 Å². The molecule has 0 aliphatic rings. The van der Waals surface area contributed by atoms with Crippen molar-refractivity contribution in [2.24, 2.45) is 0 Å². The molecule has 1 amide bonds. The highest BCUT2D eigenvalue weighted by Gasteiger charge is 2.18. The van der Waals surface area contributed by atoms with Gasteiger partial charge in [-0.25, -0.2) is 14.6 Å². The standard InChI is InChI=1S/C21H21N7O3/c1-3-31-19(30)10-9-18(29)25-17-11-14(2)26-28(17)21-16-12-24-27(20(16)22-13-23-21)15-7-5-4-6-8-15/h4-8,11-13H,3,9-10H2,1-2H3,(H,25,29). The number of benzene rings is 1. The third-order valence-electron chi connectivity index (χ3n) is 4.51. The molecule has 1 aromatic carbocycles. The molecule has 0 aliphatic heterocycles. The first-order chi connectivity index (χ1) is 15.1. The predicted octanol–water partition coefficient (Wildman–Crippen LogP) is 2.59. The lowest BCUT2D eigenvalue weighted by Gasteiger charge is -2.09. The summed E-state index contributed by atoms with van der Waals surface area (Å²) in [5, 5.41) is 12.4. The van der Waals surface area contributed by atoms with Crippen molar-refractivity contribution in [2.75, 3.05) is 11.9 Å². The van der Waals surface area contributed by atoms with Gasteiger partial charge in [0.25, 0.3) is 0 Å². The van der Waals surface area contributed by atoms with Gasteiger partial charge in [0.2, 0.25) is 5.91 Å². The zero-order valence-corrected chi connectivity index (χ0v) is 17.1. The predicted molar refractivity (Wildman–Crippen MR) is 113 cm³/mol. The Kier molecular flexibility index (Phi) is 5.69. The van der Waals surface area contributed by atoms with E-state index in [1.165, 1.54) is 6.33 Å². The maximum absolute atomic E-state index is 12.4. The van der Waals surface area contributed by atoms with Gasteiger partial charge in [0.1, 0.15) is 12.1 Å². The Labute approximate surface area is 177 Å². The van der Waals surface area contributed by atoms with Crippen molar-refractivity contribution in [1.29, 1.82) is 0 Å². The molecule has 0 aliphatic carbocycles. The second-order valence-electron chi connectivity index (χ2n) is 6.76. The van der Waals surface area contributed by atoms with Gasteiger partial charge < -0.3 is 10.1 Å². The highest BCUT2D eigenvalue weighted by Crippen LogP contribution is 2.24. The van der Waals surface area contributed by atoms with Crippen LogP contribution in [0.4, 0.5) is 5.82 Å². The first-order valence-electron chi connectivity index (χ1n) is 9.83. The zero-order chi connectivity index (χ0) is 21.8. The van der Waals surface area contributed by atoms with Gasteiger partial charge in [0.05, 0.1) is 36.0 Å². The van der Waals surface area contributed by atoms with Crippen LogP contribution in [-0.4, -0.2) is 48.0 Å². The number of para-hydroxylation sites is 1. The van der Waals surface area contributed by atoms with Crippen molar-refractivity contribution < 1.29 is 14.3 Å². The van der Waals surface area contributed by atoms with E-state index in [4.69, 9.17) is 4.74 Å². The Morgan fingerprint density at radius 3 is 2.68 bits per heavy atom. The first kappa shape index (κ1) is 20.2. The summed E-state index contributed by atoms with van der Waals surface area (Å²) in [6.07, 6.45) is 3.12. The first-order valence-corrected chi connectivity index (χ1v) is 9.83. The SMILES string of the molecule is CCOC(=O)CCC(=O)Nc1cc(C)nn1-c1ncnc2c1cnn2-c1ccccc1. The fourth-order valence-corrected chi connectivity index (χ4v) is 3.16. The number of aryl methyl sites for hydroxylation is 1. The van der Waals surface area contributed by atoms with Gasteiger partial charge in [-0.15, -0.1) is 0 Å². The van der Waals surface area contributed by atoms with Gasteiger partial charge in [-0.2, -0.15) is 14.9 Å². The molecule has 31 heavy (non-hydrogen) atoms.